The van der Waals surface area contributed by atoms with Crippen molar-refractivity contribution in [2.24, 2.45) is 0 Å². The van der Waals surface area contributed by atoms with Crippen LogP contribution >= 0.6 is 0 Å². The lowest BCUT2D eigenvalue weighted by Gasteiger charge is -2.03. The molecule has 5 heteroatoms. The second kappa shape index (κ2) is 12.7. The Morgan fingerprint density at radius 1 is 1.17 bits per heavy atom. The summed E-state index contributed by atoms with van der Waals surface area (Å²) in [7, 11) is -1.11. The van der Waals surface area contributed by atoms with Crippen molar-refractivity contribution < 1.29 is 18.3 Å². The van der Waals surface area contributed by atoms with Gasteiger partial charge >= 0.3 is 5.97 Å². The largest absolute Gasteiger partial charge is 0.463 e. The van der Waals surface area contributed by atoms with Crippen molar-refractivity contribution >= 4 is 15.5 Å². The van der Waals surface area contributed by atoms with Crippen LogP contribution in [0.25, 0.3) is 0 Å². The number of carbonyl (C=O) groups is 1. The molecule has 0 unspecified atom stereocenters. The summed E-state index contributed by atoms with van der Waals surface area (Å²) >= 11 is 0. The van der Waals surface area contributed by atoms with E-state index in [9.17, 15) is 13.6 Å². The summed E-state index contributed by atoms with van der Waals surface area (Å²) in [5, 5.41) is 0. The third-order valence-corrected chi connectivity index (χ3v) is 3.96. The van der Waals surface area contributed by atoms with E-state index in [4.69, 9.17) is 4.74 Å². The maximum atomic E-state index is 11.9. The molecular weight excluding hydrogens is 254 g/mol. The van der Waals surface area contributed by atoms with Crippen LogP contribution in [0.2, 0.25) is 6.04 Å². The number of esters is 1. The van der Waals surface area contributed by atoms with E-state index in [-0.39, 0.29) is 5.97 Å². The van der Waals surface area contributed by atoms with Gasteiger partial charge in [-0.2, -0.15) is 0 Å². The Morgan fingerprint density at radius 3 is 2.39 bits per heavy atom. The zero-order valence-electron chi connectivity index (χ0n) is 11.2. The third kappa shape index (κ3) is 13.4. The number of ether oxygens (including phenoxy) is 1. The molecule has 0 rings (SSSR count). The number of halogens is 2. The molecule has 0 aromatic rings. The van der Waals surface area contributed by atoms with E-state index in [0.717, 1.165) is 44.6 Å². The van der Waals surface area contributed by atoms with Gasteiger partial charge in [0.25, 0.3) is 0 Å². The predicted molar refractivity (Wildman–Crippen MR) is 72.8 cm³/mol. The first kappa shape index (κ1) is 17.3. The molecule has 0 saturated carbocycles. The minimum absolute atomic E-state index is 0.283. The molecule has 0 bridgehead atoms. The van der Waals surface area contributed by atoms with Crippen LogP contribution in [0, 0.1) is 0 Å². The average molecular weight is 278 g/mol. The molecule has 0 aliphatic carbocycles. The number of hydrogen-bond acceptors (Lipinski definition) is 2. The molecule has 0 radical (unpaired) electrons. The molecule has 0 fully saturated rings. The lowest BCUT2D eigenvalue weighted by atomic mass is 10.1. The SMILES string of the molecule is CC=CC(=O)OCCCCCCCC[SiH2]C(F)F. The van der Waals surface area contributed by atoms with Crippen LogP contribution in [-0.2, 0) is 9.53 Å². The van der Waals surface area contributed by atoms with Crippen LogP contribution in [0.5, 0.6) is 0 Å². The van der Waals surface area contributed by atoms with Crippen LogP contribution in [-0.4, -0.2) is 28.1 Å². The van der Waals surface area contributed by atoms with Crippen molar-refractivity contribution in [2.75, 3.05) is 6.61 Å². The lowest BCUT2D eigenvalue weighted by Crippen LogP contribution is -2.03. The highest BCUT2D eigenvalue weighted by Crippen LogP contribution is 2.08. The fraction of sp³-hybridized carbons (Fsp3) is 0.769. The predicted octanol–water partition coefficient (Wildman–Crippen LogP) is 3.26. The van der Waals surface area contributed by atoms with E-state index in [0.29, 0.717) is 6.61 Å². The van der Waals surface area contributed by atoms with Gasteiger partial charge in [0.15, 0.2) is 0 Å². The molecule has 0 aromatic carbocycles. The van der Waals surface area contributed by atoms with E-state index >= 15 is 0 Å². The molecule has 0 N–H and O–H groups in total. The molecule has 106 valence electrons. The van der Waals surface area contributed by atoms with E-state index < -0.39 is 15.6 Å². The summed E-state index contributed by atoms with van der Waals surface area (Å²) in [6.07, 6.45) is 9.19. The molecular formula is C13H24F2O2Si. The molecule has 0 saturated heterocycles. The van der Waals surface area contributed by atoms with Gasteiger partial charge in [-0.1, -0.05) is 44.2 Å². The van der Waals surface area contributed by atoms with Gasteiger partial charge < -0.3 is 4.74 Å². The van der Waals surface area contributed by atoms with Crippen molar-refractivity contribution in [1.82, 2.24) is 0 Å². The number of hydrogen-bond donors (Lipinski definition) is 0. The Kier molecular flexibility index (Phi) is 12.2. The van der Waals surface area contributed by atoms with Gasteiger partial charge in [-0.3, -0.25) is 0 Å². The minimum Gasteiger partial charge on any atom is -0.463 e. The van der Waals surface area contributed by atoms with Crippen LogP contribution in [0.15, 0.2) is 12.2 Å². The number of unbranched alkanes of at least 4 members (excludes halogenated alkanes) is 5. The molecule has 0 amide bonds. The zero-order chi connectivity index (χ0) is 13.6. The van der Waals surface area contributed by atoms with Crippen LogP contribution < -0.4 is 0 Å². The Morgan fingerprint density at radius 2 is 1.78 bits per heavy atom. The Balaban J connectivity index is 3.10. The Labute approximate surface area is 111 Å². The molecule has 2 nitrogen and oxygen atoms in total. The second-order valence-corrected chi connectivity index (χ2v) is 6.22. The first-order valence-corrected chi connectivity index (χ1v) is 8.56. The van der Waals surface area contributed by atoms with Gasteiger partial charge in [-0.25, -0.2) is 13.6 Å². The summed E-state index contributed by atoms with van der Waals surface area (Å²) in [6, 6.07) is -1.25. The molecule has 0 atom stereocenters. The van der Waals surface area contributed by atoms with Crippen molar-refractivity contribution in [3.05, 3.63) is 12.2 Å². The highest BCUT2D eigenvalue weighted by molar-refractivity contribution is 6.36. The van der Waals surface area contributed by atoms with Gasteiger partial charge in [0.2, 0.25) is 6.05 Å². The number of allylic oxidation sites excluding steroid dienone is 1. The van der Waals surface area contributed by atoms with Crippen molar-refractivity contribution in [2.45, 2.75) is 57.5 Å². The normalized spacial score (nSPS) is 12.0. The standard InChI is InChI=1S/C13H24F2O2Si/c1-2-9-12(16)17-10-7-5-3-4-6-8-11-18-13(14)15/h2,9,13H,3-8,10-11,18H2,1H3. The average Bonchev–Trinajstić information content (AvgIpc) is 2.31. The van der Waals surface area contributed by atoms with E-state index in [1.54, 1.807) is 13.0 Å². The van der Waals surface area contributed by atoms with Crippen LogP contribution in [0.3, 0.4) is 0 Å². The number of carbonyl (C=O) groups excluding carboxylic acids is 1. The molecule has 0 aliphatic rings. The quantitative estimate of drug-likeness (QED) is 0.251. The molecule has 18 heavy (non-hydrogen) atoms. The summed E-state index contributed by atoms with van der Waals surface area (Å²) < 4.78 is 28.7. The molecule has 0 heterocycles. The summed E-state index contributed by atoms with van der Waals surface area (Å²) in [5.41, 5.74) is 0. The maximum Gasteiger partial charge on any atom is 0.330 e. The number of rotatable bonds is 11. The van der Waals surface area contributed by atoms with Crippen molar-refractivity contribution in [1.29, 1.82) is 0 Å². The van der Waals surface area contributed by atoms with Crippen LogP contribution in [0.1, 0.15) is 45.4 Å². The van der Waals surface area contributed by atoms with E-state index in [1.807, 2.05) is 0 Å². The second-order valence-electron chi connectivity index (χ2n) is 4.32. The van der Waals surface area contributed by atoms with E-state index in [2.05, 4.69) is 0 Å². The van der Waals surface area contributed by atoms with Gasteiger partial charge in [0.05, 0.1) is 6.61 Å². The van der Waals surface area contributed by atoms with Crippen molar-refractivity contribution in [3.8, 4) is 0 Å². The minimum atomic E-state index is -2.02. The van der Waals surface area contributed by atoms with Crippen LogP contribution in [0.4, 0.5) is 8.78 Å². The Hall–Kier alpha value is -0.713. The van der Waals surface area contributed by atoms with Gasteiger partial charge in [0, 0.05) is 6.08 Å². The van der Waals surface area contributed by atoms with Gasteiger partial charge in [-0.05, 0) is 13.3 Å². The summed E-state index contributed by atoms with van der Waals surface area (Å²) in [5.74, 6) is -0.283. The zero-order valence-corrected chi connectivity index (χ0v) is 12.6. The lowest BCUT2D eigenvalue weighted by molar-refractivity contribution is -0.137. The first-order valence-electron chi connectivity index (χ1n) is 6.74. The summed E-state index contributed by atoms with van der Waals surface area (Å²) in [4.78, 5) is 10.9. The Bertz CT molecular complexity index is 233. The molecule has 0 spiro atoms. The molecule has 0 aliphatic heterocycles. The highest BCUT2D eigenvalue weighted by Gasteiger charge is 2.02. The summed E-state index contributed by atoms with van der Waals surface area (Å²) in [6.45, 7) is 2.25. The topological polar surface area (TPSA) is 26.3 Å². The fourth-order valence-corrected chi connectivity index (χ4v) is 2.59. The first-order chi connectivity index (χ1) is 8.66. The van der Waals surface area contributed by atoms with Gasteiger partial charge in [-0.15, -0.1) is 0 Å². The monoisotopic (exact) mass is 278 g/mol. The maximum absolute atomic E-state index is 11.9. The van der Waals surface area contributed by atoms with E-state index in [1.165, 1.54) is 6.08 Å². The van der Waals surface area contributed by atoms with Crippen molar-refractivity contribution in [3.63, 3.8) is 0 Å². The highest BCUT2D eigenvalue weighted by atomic mass is 28.2. The van der Waals surface area contributed by atoms with Gasteiger partial charge in [0.1, 0.15) is 9.52 Å². The smallest absolute Gasteiger partial charge is 0.330 e. The fourth-order valence-electron chi connectivity index (χ4n) is 1.64. The number of alkyl halides is 2. The third-order valence-electron chi connectivity index (χ3n) is 2.61. The molecule has 0 aromatic heterocycles.